The predicted molar refractivity (Wildman–Crippen MR) is 68.9 cm³/mol. The number of pyridine rings is 1. The zero-order valence-corrected chi connectivity index (χ0v) is 10.6. The maximum atomic E-state index is 11.7. The van der Waals surface area contributed by atoms with Crippen LogP contribution in [-0.4, -0.2) is 34.9 Å². The first-order chi connectivity index (χ1) is 8.55. The Bertz CT molecular complexity index is 692. The van der Waals surface area contributed by atoms with E-state index in [0.717, 1.165) is 17.5 Å². The highest BCUT2D eigenvalue weighted by Crippen LogP contribution is 2.31. The minimum Gasteiger partial charge on any atom is -0.384 e. The first-order valence-corrected chi connectivity index (χ1v) is 7.67. The predicted octanol–water partition coefficient (Wildman–Crippen LogP) is 0.832. The molecular formula is C11H14N4O2S. The minimum atomic E-state index is -2.96. The number of aromatic amines is 1. The number of sulfone groups is 1. The molecule has 0 aromatic carbocycles. The van der Waals surface area contributed by atoms with Crippen molar-refractivity contribution in [2.24, 2.45) is 0 Å². The molecule has 2 aromatic heterocycles. The van der Waals surface area contributed by atoms with Gasteiger partial charge in [0.15, 0.2) is 9.84 Å². The molecule has 0 spiro atoms. The Morgan fingerprint density at radius 2 is 2.28 bits per heavy atom. The Hall–Kier alpha value is -1.63. The van der Waals surface area contributed by atoms with Crippen LogP contribution in [-0.2, 0) is 9.84 Å². The fraction of sp³-hybridized carbons (Fsp3) is 0.455. The van der Waals surface area contributed by atoms with E-state index >= 15 is 0 Å². The van der Waals surface area contributed by atoms with Gasteiger partial charge < -0.3 is 10.7 Å². The lowest BCUT2D eigenvalue weighted by molar-refractivity contribution is 0.551. The lowest BCUT2D eigenvalue weighted by Gasteiger charge is -2.21. The van der Waals surface area contributed by atoms with Gasteiger partial charge in [-0.05, 0) is 12.8 Å². The number of anilines is 1. The van der Waals surface area contributed by atoms with E-state index in [9.17, 15) is 8.42 Å². The van der Waals surface area contributed by atoms with E-state index in [4.69, 9.17) is 5.73 Å². The van der Waals surface area contributed by atoms with Crippen LogP contribution < -0.4 is 5.73 Å². The number of H-pyrrole nitrogens is 1. The summed E-state index contributed by atoms with van der Waals surface area (Å²) in [6.45, 7) is 0. The number of fused-ring (bicyclic) bond motifs is 1. The second-order valence-corrected chi connectivity index (χ2v) is 6.91. The van der Waals surface area contributed by atoms with Crippen LogP contribution in [0.5, 0.6) is 0 Å². The highest BCUT2D eigenvalue weighted by Gasteiger charge is 2.28. The van der Waals surface area contributed by atoms with Crippen molar-refractivity contribution in [1.82, 2.24) is 15.0 Å². The molecule has 3 rings (SSSR count). The van der Waals surface area contributed by atoms with Gasteiger partial charge in [-0.1, -0.05) is 0 Å². The lowest BCUT2D eigenvalue weighted by atomic mass is 10.00. The number of aromatic nitrogens is 3. The third-order valence-corrected chi connectivity index (χ3v) is 5.12. The van der Waals surface area contributed by atoms with Crippen molar-refractivity contribution >= 4 is 26.7 Å². The maximum absolute atomic E-state index is 11.7. The van der Waals surface area contributed by atoms with Crippen LogP contribution in [0, 0.1) is 0 Å². The third kappa shape index (κ3) is 1.94. The van der Waals surface area contributed by atoms with Crippen LogP contribution in [0.2, 0.25) is 0 Å². The number of nitrogens with two attached hydrogens (primary N) is 1. The largest absolute Gasteiger partial charge is 0.384 e. The lowest BCUT2D eigenvalue weighted by Crippen LogP contribution is -2.24. The van der Waals surface area contributed by atoms with Crippen LogP contribution in [0.4, 0.5) is 5.82 Å². The second kappa shape index (κ2) is 3.94. The molecule has 18 heavy (non-hydrogen) atoms. The number of rotatable bonds is 1. The molecular weight excluding hydrogens is 252 g/mol. The number of hydrogen-bond acceptors (Lipinski definition) is 5. The van der Waals surface area contributed by atoms with E-state index in [0.29, 0.717) is 17.9 Å². The summed E-state index contributed by atoms with van der Waals surface area (Å²) < 4.78 is 23.4. The van der Waals surface area contributed by atoms with E-state index in [1.54, 1.807) is 12.4 Å². The van der Waals surface area contributed by atoms with Gasteiger partial charge in [-0.25, -0.2) is 18.4 Å². The Morgan fingerprint density at radius 3 is 3.06 bits per heavy atom. The van der Waals surface area contributed by atoms with Crippen LogP contribution in [0.25, 0.3) is 11.0 Å². The monoisotopic (exact) mass is 266 g/mol. The van der Waals surface area contributed by atoms with Gasteiger partial charge in [-0.2, -0.15) is 0 Å². The Labute approximate surface area is 105 Å². The number of nitrogen functional groups attached to an aromatic ring is 1. The van der Waals surface area contributed by atoms with Gasteiger partial charge in [0.25, 0.3) is 0 Å². The van der Waals surface area contributed by atoms with Gasteiger partial charge in [0.1, 0.15) is 11.3 Å². The van der Waals surface area contributed by atoms with E-state index in [2.05, 4.69) is 15.0 Å². The molecule has 1 atom stereocenters. The highest BCUT2D eigenvalue weighted by atomic mass is 32.2. The second-order valence-electron chi connectivity index (χ2n) is 4.68. The van der Waals surface area contributed by atoms with E-state index in [-0.39, 0.29) is 17.4 Å². The molecule has 0 bridgehead atoms. The molecule has 0 aliphatic carbocycles. The van der Waals surface area contributed by atoms with Gasteiger partial charge in [-0.15, -0.1) is 0 Å². The molecule has 6 nitrogen and oxygen atoms in total. The van der Waals surface area contributed by atoms with Gasteiger partial charge in [0.2, 0.25) is 0 Å². The quantitative estimate of drug-likeness (QED) is 0.796. The Kier molecular flexibility index (Phi) is 2.51. The summed E-state index contributed by atoms with van der Waals surface area (Å²) in [5.41, 5.74) is 7.99. The first-order valence-electron chi connectivity index (χ1n) is 5.85. The topological polar surface area (TPSA) is 102 Å². The molecule has 96 valence electrons. The summed E-state index contributed by atoms with van der Waals surface area (Å²) >= 11 is 0. The van der Waals surface area contributed by atoms with E-state index in [1.807, 2.05) is 0 Å². The molecule has 1 saturated heterocycles. The zero-order chi connectivity index (χ0) is 12.8. The van der Waals surface area contributed by atoms with Crippen molar-refractivity contribution in [2.75, 3.05) is 17.2 Å². The summed E-state index contributed by atoms with van der Waals surface area (Å²) in [7, 11) is -2.96. The van der Waals surface area contributed by atoms with Crippen LogP contribution >= 0.6 is 0 Å². The summed E-state index contributed by atoms with van der Waals surface area (Å²) in [6.07, 6.45) is 3.07. The smallest absolute Gasteiger partial charge is 0.150 e. The molecule has 3 heterocycles. The Balaban J connectivity index is 2.11. The van der Waals surface area contributed by atoms with Gasteiger partial charge in [0, 0.05) is 12.0 Å². The zero-order valence-electron chi connectivity index (χ0n) is 9.76. The van der Waals surface area contributed by atoms with Crippen molar-refractivity contribution in [3.05, 3.63) is 18.1 Å². The fourth-order valence-electron chi connectivity index (χ4n) is 2.51. The van der Waals surface area contributed by atoms with Crippen LogP contribution in [0.1, 0.15) is 24.5 Å². The molecule has 2 aromatic rings. The molecule has 0 radical (unpaired) electrons. The average Bonchev–Trinajstić information content (AvgIpc) is 2.74. The van der Waals surface area contributed by atoms with Crippen molar-refractivity contribution < 1.29 is 8.42 Å². The van der Waals surface area contributed by atoms with Gasteiger partial charge >= 0.3 is 0 Å². The first kappa shape index (κ1) is 11.5. The van der Waals surface area contributed by atoms with Gasteiger partial charge in [-0.3, -0.25) is 0 Å². The third-order valence-electron chi connectivity index (χ3n) is 3.30. The summed E-state index contributed by atoms with van der Waals surface area (Å²) in [5, 5.41) is 0. The van der Waals surface area contributed by atoms with Crippen molar-refractivity contribution in [1.29, 1.82) is 0 Å². The summed E-state index contributed by atoms with van der Waals surface area (Å²) in [4.78, 5) is 11.5. The highest BCUT2D eigenvalue weighted by molar-refractivity contribution is 7.91. The SMILES string of the molecule is Nc1cc2[nH]cnc2c(C2CCCS(=O)(=O)C2)n1. The number of hydrogen-bond donors (Lipinski definition) is 2. The molecule has 0 amide bonds. The van der Waals surface area contributed by atoms with Crippen molar-refractivity contribution in [2.45, 2.75) is 18.8 Å². The molecule has 1 aliphatic rings. The van der Waals surface area contributed by atoms with E-state index < -0.39 is 9.84 Å². The Morgan fingerprint density at radius 1 is 1.44 bits per heavy atom. The molecule has 0 saturated carbocycles. The van der Waals surface area contributed by atoms with Crippen LogP contribution in [0.15, 0.2) is 12.4 Å². The van der Waals surface area contributed by atoms with Crippen molar-refractivity contribution in [3.63, 3.8) is 0 Å². The van der Waals surface area contributed by atoms with Gasteiger partial charge in [0.05, 0.1) is 29.0 Å². The molecule has 1 aliphatic heterocycles. The van der Waals surface area contributed by atoms with E-state index in [1.165, 1.54) is 0 Å². The number of imidazole rings is 1. The molecule has 3 N–H and O–H groups in total. The van der Waals surface area contributed by atoms with Crippen LogP contribution in [0.3, 0.4) is 0 Å². The standard InChI is InChI=1S/C11H14N4O2S/c12-9-4-8-11(14-6-13-8)10(15-9)7-2-1-3-18(16,17)5-7/h4,6-7H,1-3,5H2,(H2,12,15)(H,13,14). The summed E-state index contributed by atoms with van der Waals surface area (Å²) in [6, 6.07) is 1.71. The fourth-order valence-corrected chi connectivity index (χ4v) is 4.22. The number of nitrogens with zero attached hydrogens (tertiary/aromatic N) is 2. The average molecular weight is 266 g/mol. The maximum Gasteiger partial charge on any atom is 0.150 e. The molecule has 7 heteroatoms. The molecule has 1 unspecified atom stereocenters. The minimum absolute atomic E-state index is 0.0990. The normalized spacial score (nSPS) is 23.2. The summed E-state index contributed by atoms with van der Waals surface area (Å²) in [5.74, 6) is 0.712. The number of nitrogens with one attached hydrogen (secondary N) is 1. The molecule has 1 fully saturated rings. The van der Waals surface area contributed by atoms with Crippen molar-refractivity contribution in [3.8, 4) is 0 Å².